The van der Waals surface area contributed by atoms with Crippen LogP contribution in [0.15, 0.2) is 4.79 Å². The van der Waals surface area contributed by atoms with E-state index in [0.717, 1.165) is 0 Å². The van der Waals surface area contributed by atoms with E-state index in [2.05, 4.69) is 10.2 Å². The maximum Gasteiger partial charge on any atom is 0.343 e. The number of nitrogens with zero attached hydrogens (tertiary/aromatic N) is 2. The molecule has 0 saturated heterocycles. The fourth-order valence-electron chi connectivity index (χ4n) is 1.58. The van der Waals surface area contributed by atoms with Crippen LogP contribution in [0.1, 0.15) is 26.8 Å². The second-order valence-corrected chi connectivity index (χ2v) is 3.80. The molecule has 0 saturated carbocycles. The lowest BCUT2D eigenvalue weighted by Gasteiger charge is -2.22. The van der Waals surface area contributed by atoms with Crippen LogP contribution in [0.5, 0.6) is 0 Å². The van der Waals surface area contributed by atoms with Crippen molar-refractivity contribution in [3.05, 3.63) is 15.3 Å². The van der Waals surface area contributed by atoms with Gasteiger partial charge in [-0.3, -0.25) is 14.5 Å². The molecule has 0 aliphatic carbocycles. The summed E-state index contributed by atoms with van der Waals surface area (Å²) in [6.07, 6.45) is 0. The Morgan fingerprint density at radius 1 is 1.44 bits per heavy atom. The van der Waals surface area contributed by atoms with Crippen LogP contribution in [0.4, 0.5) is 0 Å². The summed E-state index contributed by atoms with van der Waals surface area (Å²) in [4.78, 5) is 25.1. The Labute approximate surface area is 98.3 Å². The Morgan fingerprint density at radius 2 is 2.00 bits per heavy atom. The van der Waals surface area contributed by atoms with E-state index in [1.165, 1.54) is 4.57 Å². The summed E-state index contributed by atoms with van der Waals surface area (Å²) in [5.74, 6) is -0.105. The van der Waals surface area contributed by atoms with Crippen molar-refractivity contribution in [2.75, 3.05) is 13.1 Å². The number of likely N-dealkylation sites (N-methyl/N-ethyl adjacent to an activating group) is 1. The molecule has 0 fully saturated rings. The number of aromatic amines is 2. The molecule has 0 spiro atoms. The molecule has 1 heterocycles. The topological polar surface area (TPSA) is 73.9 Å². The average Bonchev–Trinajstić information content (AvgIpc) is 2.59. The van der Waals surface area contributed by atoms with Crippen molar-refractivity contribution in [1.29, 1.82) is 0 Å². The number of carbonyl (C=O) groups excluding carboxylic acids is 1. The van der Waals surface area contributed by atoms with E-state index >= 15 is 0 Å². The van der Waals surface area contributed by atoms with Crippen molar-refractivity contribution < 1.29 is 4.79 Å². The van der Waals surface area contributed by atoms with Gasteiger partial charge in [0.05, 0.1) is 0 Å². The summed E-state index contributed by atoms with van der Waals surface area (Å²) in [6.45, 7) is 6.70. The Hall–Kier alpha value is -1.37. The number of nitrogens with one attached hydrogen (secondary N) is 2. The summed E-state index contributed by atoms with van der Waals surface area (Å²) in [5, 5.41) is 4.87. The monoisotopic (exact) mass is 244 g/mol. The predicted octanol–water partition coefficient (Wildman–Crippen LogP) is 0.663. The van der Waals surface area contributed by atoms with E-state index in [4.69, 9.17) is 12.2 Å². The molecule has 0 aliphatic rings. The molecular weight excluding hydrogens is 228 g/mol. The van der Waals surface area contributed by atoms with Crippen molar-refractivity contribution >= 4 is 18.1 Å². The number of H-pyrrole nitrogens is 2. The lowest BCUT2D eigenvalue weighted by Crippen LogP contribution is -2.38. The minimum atomic E-state index is -0.581. The molecule has 16 heavy (non-hydrogen) atoms. The minimum Gasteiger partial charge on any atom is -0.341 e. The van der Waals surface area contributed by atoms with Gasteiger partial charge in [0.15, 0.2) is 4.77 Å². The van der Waals surface area contributed by atoms with Gasteiger partial charge in [-0.15, -0.1) is 0 Å². The van der Waals surface area contributed by atoms with E-state index in [1.807, 2.05) is 13.8 Å². The van der Waals surface area contributed by atoms with E-state index in [-0.39, 0.29) is 10.7 Å². The first-order chi connectivity index (χ1) is 7.52. The van der Waals surface area contributed by atoms with Crippen molar-refractivity contribution in [1.82, 2.24) is 19.7 Å². The first kappa shape index (κ1) is 12.7. The third kappa shape index (κ3) is 2.24. The van der Waals surface area contributed by atoms with Crippen LogP contribution >= 0.6 is 12.2 Å². The van der Waals surface area contributed by atoms with Crippen LogP contribution < -0.4 is 5.69 Å². The van der Waals surface area contributed by atoms with E-state index in [9.17, 15) is 9.59 Å². The lowest BCUT2D eigenvalue weighted by molar-refractivity contribution is -0.134. The molecule has 1 rings (SSSR count). The zero-order valence-corrected chi connectivity index (χ0v) is 10.4. The molecule has 1 aromatic rings. The van der Waals surface area contributed by atoms with Gasteiger partial charge in [-0.1, -0.05) is 0 Å². The van der Waals surface area contributed by atoms with Gasteiger partial charge < -0.3 is 4.90 Å². The third-order valence-electron chi connectivity index (χ3n) is 2.53. The van der Waals surface area contributed by atoms with E-state index in [1.54, 1.807) is 11.8 Å². The summed E-state index contributed by atoms with van der Waals surface area (Å²) >= 11 is 4.93. The van der Waals surface area contributed by atoms with Gasteiger partial charge in [-0.25, -0.2) is 9.89 Å². The van der Waals surface area contributed by atoms with Crippen molar-refractivity contribution in [3.63, 3.8) is 0 Å². The Bertz CT molecular complexity index is 441. The number of carbonyl (C=O) groups is 1. The normalized spacial score (nSPS) is 12.4. The Morgan fingerprint density at radius 3 is 2.38 bits per heavy atom. The summed E-state index contributed by atoms with van der Waals surface area (Å²) < 4.78 is 1.48. The highest BCUT2D eigenvalue weighted by molar-refractivity contribution is 7.71. The van der Waals surface area contributed by atoms with Gasteiger partial charge >= 0.3 is 5.69 Å². The molecule has 7 heteroatoms. The molecule has 6 nitrogen and oxygen atoms in total. The lowest BCUT2D eigenvalue weighted by atomic mass is 10.3. The molecule has 0 radical (unpaired) electrons. The van der Waals surface area contributed by atoms with Crippen LogP contribution in [-0.4, -0.2) is 38.7 Å². The summed E-state index contributed by atoms with van der Waals surface area (Å²) in [5.41, 5.74) is -0.391. The van der Waals surface area contributed by atoms with Crippen LogP contribution in [-0.2, 0) is 4.79 Å². The van der Waals surface area contributed by atoms with E-state index in [0.29, 0.717) is 13.1 Å². The number of aromatic nitrogens is 3. The summed E-state index contributed by atoms with van der Waals surface area (Å²) in [6, 6.07) is -0.581. The zero-order valence-electron chi connectivity index (χ0n) is 9.61. The number of hydrogen-bond donors (Lipinski definition) is 2. The Balaban J connectivity index is 3.03. The maximum absolute atomic E-state index is 12.0. The van der Waals surface area contributed by atoms with E-state index < -0.39 is 11.7 Å². The maximum atomic E-state index is 12.0. The highest BCUT2D eigenvalue weighted by Gasteiger charge is 2.22. The van der Waals surface area contributed by atoms with Crippen molar-refractivity contribution in [2.24, 2.45) is 0 Å². The fourth-order valence-corrected chi connectivity index (χ4v) is 1.87. The van der Waals surface area contributed by atoms with Crippen molar-refractivity contribution in [3.8, 4) is 0 Å². The number of hydrogen-bond acceptors (Lipinski definition) is 3. The van der Waals surface area contributed by atoms with Gasteiger partial charge in [0, 0.05) is 13.1 Å². The standard InChI is InChI=1S/C9H16N4O2S/c1-4-12(5-2)7(14)6(3)13-8(15)10-11-9(13)16/h6H,4-5H2,1-3H3,(H,10,15)(H,11,16). The molecule has 1 atom stereocenters. The van der Waals surface area contributed by atoms with Crippen LogP contribution in [0.2, 0.25) is 0 Å². The van der Waals surface area contributed by atoms with Gasteiger partial charge in [0.25, 0.3) is 0 Å². The molecule has 90 valence electrons. The molecule has 1 amide bonds. The molecule has 0 aliphatic heterocycles. The molecule has 1 unspecified atom stereocenters. The van der Waals surface area contributed by atoms with Crippen LogP contribution in [0.3, 0.4) is 0 Å². The minimum absolute atomic E-state index is 0.105. The van der Waals surface area contributed by atoms with Gasteiger partial charge in [-0.2, -0.15) is 0 Å². The fraction of sp³-hybridized carbons (Fsp3) is 0.667. The molecule has 2 N–H and O–H groups in total. The number of amides is 1. The molecule has 0 bridgehead atoms. The number of rotatable bonds is 4. The largest absolute Gasteiger partial charge is 0.343 e. The highest BCUT2D eigenvalue weighted by Crippen LogP contribution is 2.07. The third-order valence-corrected chi connectivity index (χ3v) is 2.83. The van der Waals surface area contributed by atoms with Crippen LogP contribution in [0, 0.1) is 4.77 Å². The second-order valence-electron chi connectivity index (χ2n) is 3.42. The van der Waals surface area contributed by atoms with Crippen LogP contribution in [0.25, 0.3) is 0 Å². The quantitative estimate of drug-likeness (QED) is 0.764. The van der Waals surface area contributed by atoms with Gasteiger partial charge in [0.1, 0.15) is 6.04 Å². The molecule has 0 aromatic carbocycles. The molecular formula is C9H16N4O2S. The van der Waals surface area contributed by atoms with Crippen molar-refractivity contribution in [2.45, 2.75) is 26.8 Å². The zero-order chi connectivity index (χ0) is 12.3. The highest BCUT2D eigenvalue weighted by atomic mass is 32.1. The second kappa shape index (κ2) is 5.11. The Kier molecular flexibility index (Phi) is 4.05. The summed E-state index contributed by atoms with van der Waals surface area (Å²) in [7, 11) is 0. The SMILES string of the molecule is CCN(CC)C(=O)C(C)n1c(=O)[nH][nH]c1=S. The predicted molar refractivity (Wildman–Crippen MR) is 62.9 cm³/mol. The van der Waals surface area contributed by atoms with Gasteiger partial charge in [-0.05, 0) is 33.0 Å². The first-order valence-corrected chi connectivity index (χ1v) is 5.61. The average molecular weight is 244 g/mol. The smallest absolute Gasteiger partial charge is 0.341 e. The molecule has 1 aromatic heterocycles. The first-order valence-electron chi connectivity index (χ1n) is 5.20. The van der Waals surface area contributed by atoms with Gasteiger partial charge in [0.2, 0.25) is 5.91 Å².